The number of nitrogens with zero attached hydrogens (tertiary/aromatic N) is 6. The minimum atomic E-state index is -0.128. The topological polar surface area (TPSA) is 94.6 Å². The van der Waals surface area contributed by atoms with Gasteiger partial charge < -0.3 is 15.1 Å². The number of thiazole rings is 1. The van der Waals surface area contributed by atoms with E-state index < -0.39 is 0 Å². The number of carbonyl (C=O) groups is 2. The van der Waals surface area contributed by atoms with Crippen molar-refractivity contribution in [3.8, 4) is 0 Å². The van der Waals surface area contributed by atoms with E-state index in [0.717, 1.165) is 32.1 Å². The maximum absolute atomic E-state index is 12.3. The summed E-state index contributed by atoms with van der Waals surface area (Å²) in [5, 5.41) is 3.26. The molecule has 1 aliphatic heterocycles. The van der Waals surface area contributed by atoms with Gasteiger partial charge in [0.1, 0.15) is 4.88 Å². The fourth-order valence-corrected chi connectivity index (χ4v) is 3.78. The van der Waals surface area contributed by atoms with Gasteiger partial charge in [0.15, 0.2) is 5.13 Å². The van der Waals surface area contributed by atoms with E-state index in [9.17, 15) is 9.59 Å². The van der Waals surface area contributed by atoms with Crippen LogP contribution in [0.25, 0.3) is 0 Å². The minimum Gasteiger partial charge on any atom is -0.344 e. The van der Waals surface area contributed by atoms with Crippen LogP contribution in [0.5, 0.6) is 0 Å². The fraction of sp³-hybridized carbons (Fsp3) is 0.471. The predicted octanol–water partition coefficient (Wildman–Crippen LogP) is 0.704. The van der Waals surface area contributed by atoms with Crippen molar-refractivity contribution in [1.29, 1.82) is 0 Å². The van der Waals surface area contributed by atoms with Crippen LogP contribution in [0.4, 0.5) is 11.1 Å². The molecule has 0 spiro atoms. The molecule has 3 heterocycles. The molecule has 1 fully saturated rings. The van der Waals surface area contributed by atoms with E-state index in [0.29, 0.717) is 22.2 Å². The minimum absolute atomic E-state index is 0.107. The number of rotatable bonds is 5. The average Bonchev–Trinajstić information content (AvgIpc) is 3.02. The summed E-state index contributed by atoms with van der Waals surface area (Å²) in [6.07, 6.45) is 3.46. The molecule has 0 aliphatic carbocycles. The lowest BCUT2D eigenvalue weighted by Crippen LogP contribution is -2.49. The number of anilines is 2. The molecule has 1 aliphatic rings. The third kappa shape index (κ3) is 4.77. The van der Waals surface area contributed by atoms with Gasteiger partial charge in [0.05, 0.1) is 12.2 Å². The highest BCUT2D eigenvalue weighted by atomic mass is 32.1. The summed E-state index contributed by atoms with van der Waals surface area (Å²) in [5.74, 6) is 0.486. The average molecular weight is 389 g/mol. The molecule has 1 N–H and O–H groups in total. The molecule has 2 aromatic rings. The largest absolute Gasteiger partial charge is 0.344 e. The smallest absolute Gasteiger partial charge is 0.265 e. The maximum atomic E-state index is 12.3. The summed E-state index contributed by atoms with van der Waals surface area (Å²) in [5.41, 5.74) is 0.630. The molecule has 0 bridgehead atoms. The van der Waals surface area contributed by atoms with E-state index in [1.165, 1.54) is 16.2 Å². The van der Waals surface area contributed by atoms with Crippen molar-refractivity contribution in [2.45, 2.75) is 6.92 Å². The van der Waals surface area contributed by atoms with Crippen molar-refractivity contribution in [3.63, 3.8) is 0 Å². The zero-order valence-electron chi connectivity index (χ0n) is 15.7. The second-order valence-electron chi connectivity index (χ2n) is 6.49. The van der Waals surface area contributed by atoms with Crippen LogP contribution in [0.1, 0.15) is 15.4 Å². The first-order valence-electron chi connectivity index (χ1n) is 8.67. The number of carbonyl (C=O) groups excluding carboxylic acids is 2. The van der Waals surface area contributed by atoms with Gasteiger partial charge in [-0.1, -0.05) is 11.3 Å². The monoisotopic (exact) mass is 389 g/mol. The third-order valence-corrected chi connectivity index (χ3v) is 5.28. The summed E-state index contributed by atoms with van der Waals surface area (Å²) >= 11 is 1.21. The first-order chi connectivity index (χ1) is 12.9. The van der Waals surface area contributed by atoms with Crippen molar-refractivity contribution in [3.05, 3.63) is 29.0 Å². The number of nitrogens with one attached hydrogen (secondary N) is 1. The summed E-state index contributed by atoms with van der Waals surface area (Å²) in [6, 6.07) is 1.79. The lowest BCUT2D eigenvalue weighted by atomic mass is 10.3. The van der Waals surface area contributed by atoms with Crippen LogP contribution in [-0.4, -0.2) is 83.4 Å². The van der Waals surface area contributed by atoms with Gasteiger partial charge in [0, 0.05) is 52.7 Å². The summed E-state index contributed by atoms with van der Waals surface area (Å²) < 4.78 is 0. The van der Waals surface area contributed by atoms with Crippen LogP contribution in [-0.2, 0) is 4.79 Å². The van der Waals surface area contributed by atoms with E-state index in [1.807, 2.05) is 0 Å². The molecule has 144 valence electrons. The number of aryl methyl sites for hydroxylation is 1. The van der Waals surface area contributed by atoms with Crippen molar-refractivity contribution < 1.29 is 9.59 Å². The summed E-state index contributed by atoms with van der Waals surface area (Å²) in [4.78, 5) is 43.5. The molecule has 2 aromatic heterocycles. The first kappa shape index (κ1) is 19.2. The first-order valence-corrected chi connectivity index (χ1v) is 9.49. The Morgan fingerprint density at radius 2 is 1.85 bits per heavy atom. The lowest BCUT2D eigenvalue weighted by molar-refractivity contribution is -0.117. The van der Waals surface area contributed by atoms with E-state index in [4.69, 9.17) is 0 Å². The standard InChI is InChI=1S/C17H23N7O2S/c1-12-14(15(26)22(2)3)27-17(20-12)21-13(25)11-23-7-9-24(10-8-23)16-18-5-4-6-19-16/h4-6H,7-11H2,1-3H3,(H,20,21,25). The second-order valence-corrected chi connectivity index (χ2v) is 7.49. The zero-order valence-corrected chi connectivity index (χ0v) is 16.5. The Labute approximate surface area is 162 Å². The van der Waals surface area contributed by atoms with E-state index in [2.05, 4.69) is 30.1 Å². The Balaban J connectivity index is 1.51. The molecule has 0 atom stereocenters. The van der Waals surface area contributed by atoms with Gasteiger partial charge in [0.2, 0.25) is 11.9 Å². The quantitative estimate of drug-likeness (QED) is 0.804. The van der Waals surface area contributed by atoms with E-state index in [1.54, 1.807) is 39.5 Å². The number of amides is 2. The number of piperazine rings is 1. The maximum Gasteiger partial charge on any atom is 0.265 e. The van der Waals surface area contributed by atoms with Crippen molar-refractivity contribution in [1.82, 2.24) is 24.8 Å². The Morgan fingerprint density at radius 1 is 1.19 bits per heavy atom. The summed E-state index contributed by atoms with van der Waals surface area (Å²) in [6.45, 7) is 5.12. The van der Waals surface area contributed by atoms with E-state index >= 15 is 0 Å². The second kappa shape index (κ2) is 8.40. The van der Waals surface area contributed by atoms with Crippen molar-refractivity contribution in [2.24, 2.45) is 0 Å². The Bertz CT molecular complexity index is 801. The van der Waals surface area contributed by atoms with Gasteiger partial charge in [0.25, 0.3) is 5.91 Å². The molecular formula is C17H23N7O2S. The van der Waals surface area contributed by atoms with Crippen molar-refractivity contribution >= 4 is 34.2 Å². The number of hydrogen-bond donors (Lipinski definition) is 1. The van der Waals surface area contributed by atoms with Gasteiger partial charge in [-0.2, -0.15) is 0 Å². The Kier molecular flexibility index (Phi) is 5.97. The normalized spacial score (nSPS) is 14.9. The van der Waals surface area contributed by atoms with E-state index in [-0.39, 0.29) is 11.8 Å². The fourth-order valence-electron chi connectivity index (χ4n) is 2.77. The van der Waals surface area contributed by atoms with Gasteiger partial charge in [-0.25, -0.2) is 15.0 Å². The van der Waals surface area contributed by atoms with Gasteiger partial charge in [-0.3, -0.25) is 14.5 Å². The molecule has 2 amide bonds. The van der Waals surface area contributed by atoms with Crippen LogP contribution in [0.3, 0.4) is 0 Å². The van der Waals surface area contributed by atoms with Gasteiger partial charge in [-0.05, 0) is 13.0 Å². The van der Waals surface area contributed by atoms with Crippen LogP contribution in [0.15, 0.2) is 18.5 Å². The third-order valence-electron chi connectivity index (χ3n) is 4.22. The predicted molar refractivity (Wildman–Crippen MR) is 104 cm³/mol. The Hall–Kier alpha value is -2.59. The summed E-state index contributed by atoms with van der Waals surface area (Å²) in [7, 11) is 3.39. The molecule has 9 nitrogen and oxygen atoms in total. The molecular weight excluding hydrogens is 366 g/mol. The highest BCUT2D eigenvalue weighted by Crippen LogP contribution is 2.23. The Morgan fingerprint density at radius 3 is 2.48 bits per heavy atom. The number of hydrogen-bond acceptors (Lipinski definition) is 8. The lowest BCUT2D eigenvalue weighted by Gasteiger charge is -2.34. The SMILES string of the molecule is Cc1nc(NC(=O)CN2CCN(c3ncccn3)CC2)sc1C(=O)N(C)C. The molecule has 0 radical (unpaired) electrons. The van der Waals surface area contributed by atoms with Gasteiger partial charge in [-0.15, -0.1) is 0 Å². The molecule has 0 unspecified atom stereocenters. The molecule has 0 aromatic carbocycles. The number of aromatic nitrogens is 3. The van der Waals surface area contributed by atoms with Gasteiger partial charge >= 0.3 is 0 Å². The highest BCUT2D eigenvalue weighted by Gasteiger charge is 2.22. The molecule has 0 saturated carbocycles. The van der Waals surface area contributed by atoms with Crippen LogP contribution >= 0.6 is 11.3 Å². The molecule has 10 heteroatoms. The van der Waals surface area contributed by atoms with Crippen LogP contribution in [0, 0.1) is 6.92 Å². The molecule has 1 saturated heterocycles. The molecule has 3 rings (SSSR count). The van der Waals surface area contributed by atoms with Crippen LogP contribution in [0.2, 0.25) is 0 Å². The van der Waals surface area contributed by atoms with Crippen molar-refractivity contribution in [2.75, 3.05) is 57.0 Å². The van der Waals surface area contributed by atoms with Crippen LogP contribution < -0.4 is 10.2 Å². The zero-order chi connectivity index (χ0) is 19.4. The highest BCUT2D eigenvalue weighted by molar-refractivity contribution is 7.17. The molecule has 27 heavy (non-hydrogen) atoms.